The second-order valence-electron chi connectivity index (χ2n) is 5.29. The summed E-state index contributed by atoms with van der Waals surface area (Å²) in [6.45, 7) is 1.44. The highest BCUT2D eigenvalue weighted by molar-refractivity contribution is 5.99. The van der Waals surface area contributed by atoms with E-state index in [1.54, 1.807) is 6.07 Å². The van der Waals surface area contributed by atoms with Gasteiger partial charge in [0.25, 0.3) is 0 Å². The molecular formula is C15H20N2O5. The summed E-state index contributed by atoms with van der Waals surface area (Å²) in [5.41, 5.74) is 0.343. The molecule has 1 saturated carbocycles. The zero-order chi connectivity index (χ0) is 16.1. The van der Waals surface area contributed by atoms with Gasteiger partial charge < -0.3 is 19.9 Å². The third kappa shape index (κ3) is 3.87. The first-order valence-corrected chi connectivity index (χ1v) is 7.21. The van der Waals surface area contributed by atoms with Gasteiger partial charge in [-0.15, -0.1) is 0 Å². The Balaban J connectivity index is 2.03. The van der Waals surface area contributed by atoms with Crippen molar-refractivity contribution in [2.75, 3.05) is 7.11 Å². The van der Waals surface area contributed by atoms with E-state index in [2.05, 4.69) is 10.3 Å². The van der Waals surface area contributed by atoms with Crippen LogP contribution in [0.3, 0.4) is 0 Å². The van der Waals surface area contributed by atoms with Gasteiger partial charge in [0.05, 0.1) is 13.2 Å². The maximum absolute atomic E-state index is 11.8. The van der Waals surface area contributed by atoms with Gasteiger partial charge in [0, 0.05) is 12.2 Å². The van der Waals surface area contributed by atoms with Crippen molar-refractivity contribution in [3.63, 3.8) is 0 Å². The Kier molecular flexibility index (Phi) is 5.19. The fraction of sp³-hybridized carbons (Fsp3) is 0.533. The molecule has 1 aromatic heterocycles. The molecular weight excluding hydrogens is 288 g/mol. The summed E-state index contributed by atoms with van der Waals surface area (Å²) in [7, 11) is 1.46. The molecule has 0 saturated heterocycles. The van der Waals surface area contributed by atoms with Crippen molar-refractivity contribution in [2.45, 2.75) is 44.8 Å². The van der Waals surface area contributed by atoms with E-state index in [0.717, 1.165) is 12.8 Å². The molecule has 0 aliphatic heterocycles. The van der Waals surface area contributed by atoms with Crippen molar-refractivity contribution >= 4 is 11.9 Å². The van der Waals surface area contributed by atoms with Crippen LogP contribution in [0, 0.1) is 0 Å². The molecule has 1 aromatic rings. The fourth-order valence-electron chi connectivity index (χ4n) is 2.68. The minimum Gasteiger partial charge on any atom is -0.489 e. The molecule has 120 valence electrons. The Morgan fingerprint density at radius 3 is 2.55 bits per heavy atom. The highest BCUT2D eigenvalue weighted by Gasteiger charge is 2.25. The number of amides is 1. The number of ether oxygens (including phenoxy) is 2. The van der Waals surface area contributed by atoms with E-state index >= 15 is 0 Å². The number of carbonyl (C=O) groups is 2. The fourth-order valence-corrected chi connectivity index (χ4v) is 2.68. The highest BCUT2D eigenvalue weighted by atomic mass is 16.5. The lowest BCUT2D eigenvalue weighted by atomic mass is 9.93. The molecule has 1 amide bonds. The van der Waals surface area contributed by atoms with Crippen molar-refractivity contribution < 1.29 is 24.2 Å². The Morgan fingerprint density at radius 2 is 2.00 bits per heavy atom. The summed E-state index contributed by atoms with van der Waals surface area (Å²) in [6.07, 6.45) is 3.39. The van der Waals surface area contributed by atoms with Crippen molar-refractivity contribution in [2.24, 2.45) is 0 Å². The van der Waals surface area contributed by atoms with Crippen LogP contribution in [0.4, 0.5) is 4.79 Å². The number of carboxylic acid groups (broad SMARTS) is 1. The van der Waals surface area contributed by atoms with Gasteiger partial charge in [0.2, 0.25) is 5.88 Å². The third-order valence-electron chi connectivity index (χ3n) is 3.72. The molecule has 1 fully saturated rings. The largest absolute Gasteiger partial charge is 0.489 e. The predicted octanol–water partition coefficient (Wildman–Crippen LogP) is 2.25. The second-order valence-corrected chi connectivity index (χ2v) is 5.29. The first-order chi connectivity index (χ1) is 10.5. The number of hydrogen-bond donors (Lipinski definition) is 2. The molecule has 7 nitrogen and oxygen atoms in total. The average Bonchev–Trinajstić information content (AvgIpc) is 2.48. The lowest BCUT2D eigenvalue weighted by Crippen LogP contribution is -2.39. The molecule has 0 spiro atoms. The van der Waals surface area contributed by atoms with E-state index < -0.39 is 6.09 Å². The van der Waals surface area contributed by atoms with Crippen molar-refractivity contribution in [3.05, 3.63) is 17.8 Å². The van der Waals surface area contributed by atoms with Crippen molar-refractivity contribution in [3.8, 4) is 11.6 Å². The smallest absolute Gasteiger partial charge is 0.404 e. The zero-order valence-corrected chi connectivity index (χ0v) is 12.7. The number of ketones is 1. The van der Waals surface area contributed by atoms with Gasteiger partial charge in [-0.2, -0.15) is 0 Å². The molecule has 7 heteroatoms. The van der Waals surface area contributed by atoms with Crippen LogP contribution in [0.25, 0.3) is 0 Å². The monoisotopic (exact) mass is 308 g/mol. The summed E-state index contributed by atoms with van der Waals surface area (Å²) in [6, 6.07) is 1.62. The zero-order valence-electron chi connectivity index (χ0n) is 12.7. The molecule has 0 aromatic carbocycles. The number of Topliss-reactive ketones (excluding diaryl/α,β-unsaturated/α-hetero) is 1. The van der Waals surface area contributed by atoms with Gasteiger partial charge >= 0.3 is 6.09 Å². The first kappa shape index (κ1) is 16.1. The molecule has 22 heavy (non-hydrogen) atoms. The maximum atomic E-state index is 11.8. The molecule has 1 aliphatic carbocycles. The van der Waals surface area contributed by atoms with Gasteiger partial charge in [-0.05, 0) is 38.7 Å². The maximum Gasteiger partial charge on any atom is 0.404 e. The lowest BCUT2D eigenvalue weighted by molar-refractivity contribution is 0.0990. The van der Waals surface area contributed by atoms with E-state index in [4.69, 9.17) is 14.6 Å². The molecule has 0 unspecified atom stereocenters. The van der Waals surface area contributed by atoms with Gasteiger partial charge in [-0.1, -0.05) is 0 Å². The Hall–Kier alpha value is -2.31. The van der Waals surface area contributed by atoms with Crippen LogP contribution < -0.4 is 14.8 Å². The summed E-state index contributed by atoms with van der Waals surface area (Å²) in [5.74, 6) is 0.557. The van der Waals surface area contributed by atoms with E-state index in [0.29, 0.717) is 24.2 Å². The van der Waals surface area contributed by atoms with Crippen LogP contribution in [-0.2, 0) is 0 Å². The Bertz CT molecular complexity index is 553. The standard InChI is InChI=1S/C15H20N2O5/c1-9(18)13-12(7-8-16-14(13)21-2)22-11-5-3-10(4-6-11)17-15(19)20/h7-8,10-11,17H,3-6H2,1-2H3,(H,19,20). The number of methoxy groups -OCH3 is 1. The lowest BCUT2D eigenvalue weighted by Gasteiger charge is -2.29. The highest BCUT2D eigenvalue weighted by Crippen LogP contribution is 2.30. The molecule has 2 N–H and O–H groups in total. The van der Waals surface area contributed by atoms with Crippen LogP contribution in [0.1, 0.15) is 43.0 Å². The van der Waals surface area contributed by atoms with Crippen LogP contribution in [0.5, 0.6) is 11.6 Å². The van der Waals surface area contributed by atoms with Gasteiger partial charge in [-0.3, -0.25) is 4.79 Å². The quantitative estimate of drug-likeness (QED) is 0.810. The number of pyridine rings is 1. The summed E-state index contributed by atoms with van der Waals surface area (Å²) < 4.78 is 11.0. The van der Waals surface area contributed by atoms with Crippen molar-refractivity contribution in [1.82, 2.24) is 10.3 Å². The van der Waals surface area contributed by atoms with Crippen LogP contribution in [0.15, 0.2) is 12.3 Å². The summed E-state index contributed by atoms with van der Waals surface area (Å²) in [5, 5.41) is 11.2. The van der Waals surface area contributed by atoms with Crippen LogP contribution in [0.2, 0.25) is 0 Å². The summed E-state index contributed by atoms with van der Waals surface area (Å²) >= 11 is 0. The third-order valence-corrected chi connectivity index (χ3v) is 3.72. The molecule has 2 rings (SSSR count). The van der Waals surface area contributed by atoms with Crippen molar-refractivity contribution in [1.29, 1.82) is 0 Å². The Labute approximate surface area is 128 Å². The number of nitrogens with zero attached hydrogens (tertiary/aromatic N) is 1. The van der Waals surface area contributed by atoms with Gasteiger partial charge in [0.15, 0.2) is 5.78 Å². The predicted molar refractivity (Wildman–Crippen MR) is 78.6 cm³/mol. The SMILES string of the molecule is COc1nccc(OC2CCC(NC(=O)O)CC2)c1C(C)=O. The minimum atomic E-state index is -0.998. The number of nitrogens with one attached hydrogen (secondary N) is 1. The van der Waals surface area contributed by atoms with Gasteiger partial charge in [-0.25, -0.2) is 9.78 Å². The Morgan fingerprint density at radius 1 is 1.32 bits per heavy atom. The second kappa shape index (κ2) is 7.11. The molecule has 0 atom stereocenters. The first-order valence-electron chi connectivity index (χ1n) is 7.21. The number of aromatic nitrogens is 1. The minimum absolute atomic E-state index is 0.0309. The molecule has 0 radical (unpaired) electrons. The number of hydrogen-bond acceptors (Lipinski definition) is 5. The van der Waals surface area contributed by atoms with E-state index in [1.165, 1.54) is 20.2 Å². The molecule has 1 aliphatic rings. The number of rotatable bonds is 5. The van der Waals surface area contributed by atoms with E-state index in [9.17, 15) is 9.59 Å². The van der Waals surface area contributed by atoms with Crippen LogP contribution >= 0.6 is 0 Å². The van der Waals surface area contributed by atoms with E-state index in [1.807, 2.05) is 0 Å². The number of carbonyl (C=O) groups excluding carboxylic acids is 1. The normalized spacial score (nSPS) is 21.0. The molecule has 1 heterocycles. The summed E-state index contributed by atoms with van der Waals surface area (Å²) in [4.78, 5) is 26.4. The average molecular weight is 308 g/mol. The topological polar surface area (TPSA) is 97.8 Å². The van der Waals surface area contributed by atoms with E-state index in [-0.39, 0.29) is 23.8 Å². The van der Waals surface area contributed by atoms with Gasteiger partial charge in [0.1, 0.15) is 11.3 Å². The van der Waals surface area contributed by atoms with Crippen LogP contribution in [-0.4, -0.2) is 41.2 Å². The molecule has 0 bridgehead atoms.